The molecule has 0 aliphatic heterocycles. The van der Waals surface area contributed by atoms with E-state index in [1.807, 2.05) is 4.57 Å². The third-order valence-corrected chi connectivity index (χ3v) is 4.31. The van der Waals surface area contributed by atoms with E-state index < -0.39 is 5.97 Å². The molecule has 1 aliphatic rings. The molecule has 0 atom stereocenters. The summed E-state index contributed by atoms with van der Waals surface area (Å²) in [5.41, 5.74) is 0.227. The number of hydrogen-bond acceptors (Lipinski definition) is 5. The van der Waals surface area contributed by atoms with E-state index in [4.69, 9.17) is 5.11 Å². The van der Waals surface area contributed by atoms with Crippen LogP contribution in [0.1, 0.15) is 32.0 Å². The topological polar surface area (TPSA) is 88.2 Å². The minimum Gasteiger partial charge on any atom is -0.481 e. The van der Waals surface area contributed by atoms with Crippen LogP contribution >= 0.6 is 11.8 Å². The van der Waals surface area contributed by atoms with Crippen molar-refractivity contribution in [2.24, 2.45) is 5.41 Å². The number of hydrogen-bond donors (Lipinski definition) is 2. The Morgan fingerprint density at radius 2 is 2.22 bits per heavy atom. The maximum Gasteiger partial charge on any atom is 0.313 e. The van der Waals surface area contributed by atoms with Crippen molar-refractivity contribution in [3.8, 4) is 0 Å². The summed E-state index contributed by atoms with van der Waals surface area (Å²) >= 11 is 1.15. The second kappa shape index (κ2) is 5.27. The first kappa shape index (κ1) is 13.4. The van der Waals surface area contributed by atoms with E-state index in [1.165, 1.54) is 6.42 Å². The zero-order chi connectivity index (χ0) is 13.2. The van der Waals surface area contributed by atoms with Gasteiger partial charge in [-0.3, -0.25) is 4.79 Å². The van der Waals surface area contributed by atoms with Crippen LogP contribution in [0.3, 0.4) is 0 Å². The maximum absolute atomic E-state index is 10.6. The van der Waals surface area contributed by atoms with E-state index in [0.717, 1.165) is 31.1 Å². The SMILES string of the molecule is CC1(Cn2c(CO)nnc2SCC(=O)O)CCC1. The molecule has 1 aliphatic carbocycles. The van der Waals surface area contributed by atoms with E-state index in [2.05, 4.69) is 17.1 Å². The maximum atomic E-state index is 10.6. The van der Waals surface area contributed by atoms with Crippen LogP contribution in [0.4, 0.5) is 0 Å². The molecule has 0 spiro atoms. The predicted molar refractivity (Wildman–Crippen MR) is 66.3 cm³/mol. The normalized spacial score (nSPS) is 17.4. The van der Waals surface area contributed by atoms with E-state index in [9.17, 15) is 9.90 Å². The number of aliphatic carboxylic acids is 1. The van der Waals surface area contributed by atoms with Crippen molar-refractivity contribution in [3.63, 3.8) is 0 Å². The van der Waals surface area contributed by atoms with Gasteiger partial charge in [-0.05, 0) is 18.3 Å². The van der Waals surface area contributed by atoms with Crippen molar-refractivity contribution in [2.45, 2.75) is 44.5 Å². The van der Waals surface area contributed by atoms with Crippen molar-refractivity contribution in [1.82, 2.24) is 14.8 Å². The van der Waals surface area contributed by atoms with E-state index in [1.54, 1.807) is 0 Å². The molecule has 100 valence electrons. The Hall–Kier alpha value is -1.08. The molecule has 6 nitrogen and oxygen atoms in total. The fourth-order valence-corrected chi connectivity index (χ4v) is 2.82. The standard InChI is InChI=1S/C11H17N3O3S/c1-11(3-2-4-11)7-14-8(5-15)12-13-10(14)18-6-9(16)17/h15H,2-7H2,1H3,(H,16,17). The molecule has 18 heavy (non-hydrogen) atoms. The first-order valence-electron chi connectivity index (χ1n) is 5.92. The highest BCUT2D eigenvalue weighted by Gasteiger charge is 2.33. The molecule has 1 saturated carbocycles. The summed E-state index contributed by atoms with van der Waals surface area (Å²) in [6.45, 7) is 2.78. The summed E-state index contributed by atoms with van der Waals surface area (Å²) < 4.78 is 1.85. The molecule has 2 rings (SSSR count). The Labute approximate surface area is 109 Å². The summed E-state index contributed by atoms with van der Waals surface area (Å²) in [6.07, 6.45) is 3.53. The molecule has 0 radical (unpaired) electrons. The van der Waals surface area contributed by atoms with Gasteiger partial charge in [0.15, 0.2) is 11.0 Å². The fourth-order valence-electron chi connectivity index (χ4n) is 2.15. The third kappa shape index (κ3) is 2.84. The van der Waals surface area contributed by atoms with Crippen LogP contribution in [-0.4, -0.2) is 36.7 Å². The molecular weight excluding hydrogens is 254 g/mol. The highest BCUT2D eigenvalue weighted by atomic mass is 32.2. The molecule has 0 unspecified atom stereocenters. The molecule has 2 N–H and O–H groups in total. The highest BCUT2D eigenvalue weighted by molar-refractivity contribution is 7.99. The van der Waals surface area contributed by atoms with Crippen molar-refractivity contribution in [1.29, 1.82) is 0 Å². The Morgan fingerprint density at radius 1 is 1.50 bits per heavy atom. The molecule has 1 heterocycles. The van der Waals surface area contributed by atoms with Crippen molar-refractivity contribution in [2.75, 3.05) is 5.75 Å². The van der Waals surface area contributed by atoms with Gasteiger partial charge in [0.25, 0.3) is 0 Å². The molecule has 1 aromatic rings. The number of aliphatic hydroxyl groups excluding tert-OH is 1. The number of aromatic nitrogens is 3. The summed E-state index contributed by atoms with van der Waals surface area (Å²) in [4.78, 5) is 10.6. The van der Waals surface area contributed by atoms with Gasteiger partial charge in [0, 0.05) is 6.54 Å². The average Bonchev–Trinajstić information content (AvgIpc) is 2.66. The van der Waals surface area contributed by atoms with Crippen LogP contribution in [0.15, 0.2) is 5.16 Å². The van der Waals surface area contributed by atoms with Gasteiger partial charge < -0.3 is 14.8 Å². The molecule has 1 fully saturated rings. The van der Waals surface area contributed by atoms with Gasteiger partial charge in [-0.2, -0.15) is 0 Å². The minimum atomic E-state index is -0.880. The Balaban J connectivity index is 2.13. The van der Waals surface area contributed by atoms with Crippen molar-refractivity contribution < 1.29 is 15.0 Å². The Morgan fingerprint density at radius 3 is 2.72 bits per heavy atom. The second-order valence-electron chi connectivity index (χ2n) is 4.99. The zero-order valence-corrected chi connectivity index (χ0v) is 11.1. The summed E-state index contributed by atoms with van der Waals surface area (Å²) in [6, 6.07) is 0. The minimum absolute atomic E-state index is 0.0414. The predicted octanol–water partition coefficient (Wildman–Crippen LogP) is 1.14. The largest absolute Gasteiger partial charge is 0.481 e. The van der Waals surface area contributed by atoms with Crippen molar-refractivity contribution >= 4 is 17.7 Å². The second-order valence-corrected chi connectivity index (χ2v) is 5.93. The molecule has 0 saturated heterocycles. The summed E-state index contributed by atoms with van der Waals surface area (Å²) in [5.74, 6) is -0.411. The van der Waals surface area contributed by atoms with Gasteiger partial charge in [0.05, 0.1) is 5.75 Å². The Bertz CT molecular complexity index is 443. The molecule has 0 bridgehead atoms. The number of nitrogens with zero attached hydrogens (tertiary/aromatic N) is 3. The van der Waals surface area contributed by atoms with Crippen LogP contribution in [0, 0.1) is 5.41 Å². The fraction of sp³-hybridized carbons (Fsp3) is 0.727. The molecular formula is C11H17N3O3S. The van der Waals surface area contributed by atoms with Crippen LogP contribution in [0.2, 0.25) is 0 Å². The Kier molecular flexibility index (Phi) is 3.91. The lowest BCUT2D eigenvalue weighted by Crippen LogP contribution is -2.31. The van der Waals surface area contributed by atoms with Crippen LogP contribution in [-0.2, 0) is 17.9 Å². The van der Waals surface area contributed by atoms with Crippen LogP contribution in [0.25, 0.3) is 0 Å². The summed E-state index contributed by atoms with van der Waals surface area (Å²) in [7, 11) is 0. The highest BCUT2D eigenvalue weighted by Crippen LogP contribution is 2.42. The first-order valence-corrected chi connectivity index (χ1v) is 6.90. The van der Waals surface area contributed by atoms with Crippen molar-refractivity contribution in [3.05, 3.63) is 5.82 Å². The van der Waals surface area contributed by atoms with Gasteiger partial charge in [0.2, 0.25) is 0 Å². The van der Waals surface area contributed by atoms with Gasteiger partial charge in [-0.15, -0.1) is 10.2 Å². The molecule has 0 aromatic carbocycles. The number of carboxylic acids is 1. The number of aliphatic hydroxyl groups is 1. The van der Waals surface area contributed by atoms with Crippen LogP contribution in [0.5, 0.6) is 0 Å². The van der Waals surface area contributed by atoms with Crippen LogP contribution < -0.4 is 0 Å². The monoisotopic (exact) mass is 271 g/mol. The third-order valence-electron chi connectivity index (χ3n) is 3.36. The zero-order valence-electron chi connectivity index (χ0n) is 10.3. The van der Waals surface area contributed by atoms with E-state index >= 15 is 0 Å². The molecule has 0 amide bonds. The molecule has 1 aromatic heterocycles. The van der Waals surface area contributed by atoms with Gasteiger partial charge in [-0.1, -0.05) is 25.1 Å². The number of carboxylic acid groups (broad SMARTS) is 1. The lowest BCUT2D eigenvalue weighted by atomic mass is 9.70. The van der Waals surface area contributed by atoms with E-state index in [0.29, 0.717) is 11.0 Å². The molecule has 7 heteroatoms. The quantitative estimate of drug-likeness (QED) is 0.754. The first-order chi connectivity index (χ1) is 8.54. The number of carbonyl (C=O) groups is 1. The lowest BCUT2D eigenvalue weighted by Gasteiger charge is -2.39. The number of thioether (sulfide) groups is 1. The smallest absolute Gasteiger partial charge is 0.313 e. The van der Waals surface area contributed by atoms with Gasteiger partial charge in [-0.25, -0.2) is 0 Å². The lowest BCUT2D eigenvalue weighted by molar-refractivity contribution is -0.133. The van der Waals surface area contributed by atoms with E-state index in [-0.39, 0.29) is 17.8 Å². The average molecular weight is 271 g/mol. The van der Waals surface area contributed by atoms with Gasteiger partial charge >= 0.3 is 5.97 Å². The van der Waals surface area contributed by atoms with Gasteiger partial charge in [0.1, 0.15) is 6.61 Å². The number of rotatable bonds is 6. The summed E-state index contributed by atoms with van der Waals surface area (Å²) in [5, 5.41) is 26.4.